The van der Waals surface area contributed by atoms with E-state index in [9.17, 15) is 0 Å². The fraction of sp³-hybridized carbons (Fsp3) is 0.667. The Balaban J connectivity index is 2.00. The van der Waals surface area contributed by atoms with Crippen LogP contribution < -0.4 is 4.90 Å². The van der Waals surface area contributed by atoms with Gasteiger partial charge in [0.1, 0.15) is 16.8 Å². The molecule has 1 atom stereocenters. The van der Waals surface area contributed by atoms with Crippen LogP contribution in [0.1, 0.15) is 18.7 Å². The fourth-order valence-corrected chi connectivity index (χ4v) is 2.36. The van der Waals surface area contributed by atoms with Crippen LogP contribution in [0.3, 0.4) is 0 Å². The lowest BCUT2D eigenvalue weighted by molar-refractivity contribution is 0.0576. The third-order valence-corrected chi connectivity index (χ3v) is 3.16. The van der Waals surface area contributed by atoms with Gasteiger partial charge in [0.25, 0.3) is 0 Å². The Morgan fingerprint density at radius 2 is 2.35 bits per heavy atom. The fourth-order valence-electron chi connectivity index (χ4n) is 2.14. The van der Waals surface area contributed by atoms with Crippen molar-refractivity contribution in [3.63, 3.8) is 0 Å². The van der Waals surface area contributed by atoms with Crippen LogP contribution in [0.25, 0.3) is 0 Å². The minimum atomic E-state index is 0.499. The van der Waals surface area contributed by atoms with Crippen LogP contribution in [-0.4, -0.2) is 36.8 Å². The first kappa shape index (κ1) is 12.6. The zero-order valence-corrected chi connectivity index (χ0v) is 11.1. The van der Waals surface area contributed by atoms with Gasteiger partial charge >= 0.3 is 0 Å². The number of rotatable bonds is 3. The number of ether oxygens (including phenoxy) is 1. The highest BCUT2D eigenvalue weighted by atomic mass is 35.5. The molecule has 1 unspecified atom stereocenters. The molecule has 1 aromatic heterocycles. The lowest BCUT2D eigenvalue weighted by Crippen LogP contribution is -2.31. The van der Waals surface area contributed by atoms with E-state index in [4.69, 9.17) is 16.3 Å². The zero-order chi connectivity index (χ0) is 12.3. The molecule has 0 spiro atoms. The average Bonchev–Trinajstić information content (AvgIpc) is 2.29. The second-order valence-corrected chi connectivity index (χ2v) is 4.95. The normalized spacial score (nSPS) is 20.3. The van der Waals surface area contributed by atoms with Crippen LogP contribution in [0, 0.1) is 12.8 Å². The standard InChI is InChI=1S/C12H18ClN3O/c1-9-14-11(13)6-12(15-9)16(2)7-10-4-3-5-17-8-10/h6,10H,3-5,7-8H2,1-2H3. The summed E-state index contributed by atoms with van der Waals surface area (Å²) >= 11 is 5.93. The van der Waals surface area contributed by atoms with Crippen LogP contribution in [0.4, 0.5) is 5.82 Å². The van der Waals surface area contributed by atoms with E-state index in [1.165, 1.54) is 6.42 Å². The molecule has 1 aliphatic rings. The van der Waals surface area contributed by atoms with Gasteiger partial charge in [-0.3, -0.25) is 0 Å². The molecular weight excluding hydrogens is 238 g/mol. The van der Waals surface area contributed by atoms with Crippen LogP contribution in [-0.2, 0) is 4.74 Å². The quantitative estimate of drug-likeness (QED) is 0.777. The van der Waals surface area contributed by atoms with E-state index in [0.717, 1.165) is 32.0 Å². The second kappa shape index (κ2) is 5.65. The first-order chi connectivity index (χ1) is 8.15. The summed E-state index contributed by atoms with van der Waals surface area (Å²) in [7, 11) is 2.03. The minimum absolute atomic E-state index is 0.499. The van der Waals surface area contributed by atoms with Crippen molar-refractivity contribution in [3.8, 4) is 0 Å². The molecule has 2 rings (SSSR count). The van der Waals surface area contributed by atoms with Crippen molar-refractivity contribution < 1.29 is 4.74 Å². The Bertz CT molecular complexity index is 360. The molecule has 1 saturated heterocycles. The van der Waals surface area contributed by atoms with E-state index in [0.29, 0.717) is 16.9 Å². The van der Waals surface area contributed by atoms with Crippen molar-refractivity contribution >= 4 is 17.4 Å². The predicted octanol–water partition coefficient (Wildman–Crippen LogP) is 2.30. The van der Waals surface area contributed by atoms with Crippen LogP contribution in [0.15, 0.2) is 6.07 Å². The number of aryl methyl sites for hydroxylation is 1. The Labute approximate surface area is 107 Å². The Hall–Kier alpha value is -0.870. The largest absolute Gasteiger partial charge is 0.381 e. The van der Waals surface area contributed by atoms with Gasteiger partial charge < -0.3 is 9.64 Å². The lowest BCUT2D eigenvalue weighted by atomic mass is 10.0. The maximum atomic E-state index is 5.93. The van der Waals surface area contributed by atoms with Crippen LogP contribution in [0.2, 0.25) is 5.15 Å². The maximum absolute atomic E-state index is 5.93. The topological polar surface area (TPSA) is 38.2 Å². The molecule has 1 fully saturated rings. The molecule has 0 radical (unpaired) electrons. The van der Waals surface area contributed by atoms with Gasteiger partial charge in [0.15, 0.2) is 0 Å². The minimum Gasteiger partial charge on any atom is -0.381 e. The molecule has 17 heavy (non-hydrogen) atoms. The van der Waals surface area contributed by atoms with E-state index < -0.39 is 0 Å². The van der Waals surface area contributed by atoms with E-state index in [1.54, 1.807) is 6.07 Å². The number of hydrogen-bond donors (Lipinski definition) is 0. The molecule has 0 aliphatic carbocycles. The summed E-state index contributed by atoms with van der Waals surface area (Å²) in [6.07, 6.45) is 2.38. The van der Waals surface area contributed by atoms with Crippen molar-refractivity contribution in [1.82, 2.24) is 9.97 Å². The highest BCUT2D eigenvalue weighted by Gasteiger charge is 2.17. The zero-order valence-electron chi connectivity index (χ0n) is 10.3. The summed E-state index contributed by atoms with van der Waals surface area (Å²) in [5.74, 6) is 2.18. The number of hydrogen-bond acceptors (Lipinski definition) is 4. The number of anilines is 1. The summed E-state index contributed by atoms with van der Waals surface area (Å²) in [4.78, 5) is 10.6. The molecule has 1 aliphatic heterocycles. The molecule has 94 valence electrons. The Morgan fingerprint density at radius 3 is 3.00 bits per heavy atom. The SMILES string of the molecule is Cc1nc(Cl)cc(N(C)CC2CCCOC2)n1. The van der Waals surface area contributed by atoms with Crippen molar-refractivity contribution in [2.45, 2.75) is 19.8 Å². The van der Waals surface area contributed by atoms with Crippen molar-refractivity contribution in [2.24, 2.45) is 5.92 Å². The number of nitrogens with zero attached hydrogens (tertiary/aromatic N) is 3. The van der Waals surface area contributed by atoms with E-state index in [1.807, 2.05) is 14.0 Å². The van der Waals surface area contributed by atoms with Crippen molar-refractivity contribution in [3.05, 3.63) is 17.0 Å². The Kier molecular flexibility index (Phi) is 4.18. The third-order valence-electron chi connectivity index (χ3n) is 2.97. The third kappa shape index (κ3) is 3.54. The first-order valence-corrected chi connectivity index (χ1v) is 6.33. The van der Waals surface area contributed by atoms with Gasteiger partial charge in [0, 0.05) is 26.3 Å². The van der Waals surface area contributed by atoms with Gasteiger partial charge in [-0.1, -0.05) is 11.6 Å². The molecule has 0 bridgehead atoms. The maximum Gasteiger partial charge on any atom is 0.134 e. The van der Waals surface area contributed by atoms with E-state index in [-0.39, 0.29) is 0 Å². The lowest BCUT2D eigenvalue weighted by Gasteiger charge is -2.27. The highest BCUT2D eigenvalue weighted by Crippen LogP contribution is 2.19. The predicted molar refractivity (Wildman–Crippen MR) is 68.6 cm³/mol. The van der Waals surface area contributed by atoms with Crippen molar-refractivity contribution in [1.29, 1.82) is 0 Å². The molecule has 1 aromatic rings. The number of halogens is 1. The molecule has 4 nitrogen and oxygen atoms in total. The van der Waals surface area contributed by atoms with E-state index in [2.05, 4.69) is 14.9 Å². The molecule has 0 N–H and O–H groups in total. The van der Waals surface area contributed by atoms with E-state index >= 15 is 0 Å². The van der Waals surface area contributed by atoms with Gasteiger partial charge in [-0.2, -0.15) is 0 Å². The number of aromatic nitrogens is 2. The van der Waals surface area contributed by atoms with Gasteiger partial charge in [-0.05, 0) is 25.7 Å². The molecule has 0 amide bonds. The van der Waals surface area contributed by atoms with Crippen molar-refractivity contribution in [2.75, 3.05) is 31.7 Å². The van der Waals surface area contributed by atoms with Gasteiger partial charge in [-0.15, -0.1) is 0 Å². The Morgan fingerprint density at radius 1 is 1.53 bits per heavy atom. The highest BCUT2D eigenvalue weighted by molar-refractivity contribution is 6.29. The molecular formula is C12H18ClN3O. The summed E-state index contributed by atoms with van der Waals surface area (Å²) in [5, 5.41) is 0.499. The van der Waals surface area contributed by atoms with Gasteiger partial charge in [0.2, 0.25) is 0 Å². The summed E-state index contributed by atoms with van der Waals surface area (Å²) in [6.45, 7) is 4.56. The van der Waals surface area contributed by atoms with Gasteiger partial charge in [0.05, 0.1) is 6.61 Å². The second-order valence-electron chi connectivity index (χ2n) is 4.56. The summed E-state index contributed by atoms with van der Waals surface area (Å²) in [5.41, 5.74) is 0. The molecule has 2 heterocycles. The molecule has 5 heteroatoms. The average molecular weight is 256 g/mol. The monoisotopic (exact) mass is 255 g/mol. The first-order valence-electron chi connectivity index (χ1n) is 5.95. The summed E-state index contributed by atoms with van der Waals surface area (Å²) < 4.78 is 5.48. The summed E-state index contributed by atoms with van der Waals surface area (Å²) in [6, 6.07) is 1.80. The van der Waals surface area contributed by atoms with Gasteiger partial charge in [-0.25, -0.2) is 9.97 Å². The van der Waals surface area contributed by atoms with Crippen LogP contribution >= 0.6 is 11.6 Å². The smallest absolute Gasteiger partial charge is 0.134 e. The molecule has 0 saturated carbocycles. The molecule has 0 aromatic carbocycles. The van der Waals surface area contributed by atoms with Crippen LogP contribution in [0.5, 0.6) is 0 Å².